The molecule has 0 aliphatic heterocycles. The molecule has 0 amide bonds. The van der Waals surface area contributed by atoms with E-state index in [1.54, 1.807) is 0 Å². The highest BCUT2D eigenvalue weighted by Crippen LogP contribution is 2.20. The first-order valence-electron chi connectivity index (χ1n) is 6.99. The summed E-state index contributed by atoms with van der Waals surface area (Å²) in [6.45, 7) is 8.41. The van der Waals surface area contributed by atoms with Gasteiger partial charge in [0.05, 0.1) is 16.7 Å². The largest absolute Gasteiger partial charge is 0.368 e. The predicted molar refractivity (Wildman–Crippen MR) is 85.1 cm³/mol. The molecule has 0 atom stereocenters. The number of hydrogen-bond donors (Lipinski definition) is 1. The Morgan fingerprint density at radius 1 is 1.10 bits per heavy atom. The van der Waals surface area contributed by atoms with Gasteiger partial charge in [-0.15, -0.1) is 0 Å². The molecule has 0 bridgehead atoms. The third-order valence-corrected chi connectivity index (χ3v) is 3.22. The number of nitrogens with one attached hydrogen (secondary N) is 1. The van der Waals surface area contributed by atoms with Crippen LogP contribution >= 0.6 is 0 Å². The first kappa shape index (κ1) is 14.7. The first-order chi connectivity index (χ1) is 9.37. The van der Waals surface area contributed by atoms with Gasteiger partial charge < -0.3 is 10.2 Å². The van der Waals surface area contributed by atoms with Gasteiger partial charge in [0.1, 0.15) is 5.82 Å². The van der Waals surface area contributed by atoms with Gasteiger partial charge in [-0.05, 0) is 38.6 Å². The maximum absolute atomic E-state index is 4.67. The third-order valence-electron chi connectivity index (χ3n) is 3.22. The zero-order valence-corrected chi connectivity index (χ0v) is 13.1. The van der Waals surface area contributed by atoms with Crippen molar-refractivity contribution in [2.24, 2.45) is 5.41 Å². The summed E-state index contributed by atoms with van der Waals surface area (Å²) in [5.74, 6) is 0.885. The molecule has 108 valence electrons. The number of benzene rings is 1. The molecule has 4 nitrogen and oxygen atoms in total. The lowest BCUT2D eigenvalue weighted by atomic mass is 9.93. The fraction of sp³-hybridized carbons (Fsp3) is 0.500. The Morgan fingerprint density at radius 3 is 2.30 bits per heavy atom. The topological polar surface area (TPSA) is 41.1 Å². The van der Waals surface area contributed by atoms with Crippen LogP contribution in [0.3, 0.4) is 0 Å². The van der Waals surface area contributed by atoms with Crippen molar-refractivity contribution in [2.45, 2.75) is 20.8 Å². The summed E-state index contributed by atoms with van der Waals surface area (Å²) in [4.78, 5) is 11.5. The minimum atomic E-state index is 0.184. The maximum Gasteiger partial charge on any atom is 0.148 e. The van der Waals surface area contributed by atoms with Crippen molar-refractivity contribution < 1.29 is 0 Å². The molecular weight excluding hydrogens is 248 g/mol. The van der Waals surface area contributed by atoms with Crippen LogP contribution in [0.2, 0.25) is 0 Å². The number of nitrogens with zero attached hydrogens (tertiary/aromatic N) is 3. The smallest absolute Gasteiger partial charge is 0.148 e. The number of rotatable bonds is 5. The first-order valence-corrected chi connectivity index (χ1v) is 6.99. The van der Waals surface area contributed by atoms with Crippen LogP contribution < -0.4 is 5.32 Å². The molecule has 2 aromatic rings. The Kier molecular flexibility index (Phi) is 4.23. The summed E-state index contributed by atoms with van der Waals surface area (Å²) in [6.07, 6.45) is 0. The van der Waals surface area contributed by atoms with Gasteiger partial charge in [0.15, 0.2) is 0 Å². The zero-order valence-electron chi connectivity index (χ0n) is 13.1. The van der Waals surface area contributed by atoms with Crippen molar-refractivity contribution in [3.63, 3.8) is 0 Å². The zero-order chi connectivity index (χ0) is 14.8. The number of para-hydroxylation sites is 2. The lowest BCUT2D eigenvalue weighted by Gasteiger charge is -2.28. The highest BCUT2D eigenvalue weighted by atomic mass is 15.1. The number of hydrogen-bond acceptors (Lipinski definition) is 4. The van der Waals surface area contributed by atoms with Crippen molar-refractivity contribution in [3.8, 4) is 0 Å². The predicted octanol–water partition coefficient (Wildman–Crippen LogP) is 2.94. The lowest BCUT2D eigenvalue weighted by molar-refractivity contribution is 0.254. The Labute approximate surface area is 121 Å². The SMILES string of the molecule is Cc1nc2ccccc2nc1NCC(C)(C)CN(C)C. The van der Waals surface area contributed by atoms with E-state index in [0.717, 1.165) is 35.6 Å². The highest BCUT2D eigenvalue weighted by Gasteiger charge is 2.19. The van der Waals surface area contributed by atoms with Crippen LogP contribution in [0.1, 0.15) is 19.5 Å². The van der Waals surface area contributed by atoms with Gasteiger partial charge in [-0.1, -0.05) is 26.0 Å². The Balaban J connectivity index is 2.15. The van der Waals surface area contributed by atoms with Crippen LogP contribution in [0, 0.1) is 12.3 Å². The molecule has 1 N–H and O–H groups in total. The molecule has 0 fully saturated rings. The van der Waals surface area contributed by atoms with E-state index in [2.05, 4.69) is 48.1 Å². The second-order valence-electron chi connectivity index (χ2n) is 6.40. The summed E-state index contributed by atoms with van der Waals surface area (Å²) in [7, 11) is 4.20. The van der Waals surface area contributed by atoms with Crippen LogP contribution in [-0.2, 0) is 0 Å². The number of fused-ring (bicyclic) bond motifs is 1. The Bertz CT molecular complexity index is 590. The van der Waals surface area contributed by atoms with Gasteiger partial charge in [0, 0.05) is 13.1 Å². The molecule has 4 heteroatoms. The standard InChI is InChI=1S/C16H24N4/c1-12-15(17-10-16(2,3)11-20(4)5)19-14-9-7-6-8-13(14)18-12/h6-9H,10-11H2,1-5H3,(H,17,19). The second-order valence-corrected chi connectivity index (χ2v) is 6.40. The molecule has 2 rings (SSSR count). The van der Waals surface area contributed by atoms with E-state index in [9.17, 15) is 0 Å². The Hall–Kier alpha value is -1.68. The van der Waals surface area contributed by atoms with Crippen molar-refractivity contribution in [3.05, 3.63) is 30.0 Å². The van der Waals surface area contributed by atoms with Crippen molar-refractivity contribution in [1.29, 1.82) is 0 Å². The summed E-state index contributed by atoms with van der Waals surface area (Å²) < 4.78 is 0. The normalized spacial score (nSPS) is 12.1. The second kappa shape index (κ2) is 5.75. The molecule has 0 aliphatic carbocycles. The molecule has 20 heavy (non-hydrogen) atoms. The number of aromatic nitrogens is 2. The average Bonchev–Trinajstić information content (AvgIpc) is 2.34. The van der Waals surface area contributed by atoms with Crippen molar-refractivity contribution >= 4 is 16.9 Å². The van der Waals surface area contributed by atoms with Crippen LogP contribution in [0.25, 0.3) is 11.0 Å². The van der Waals surface area contributed by atoms with Gasteiger partial charge in [0.2, 0.25) is 0 Å². The Morgan fingerprint density at radius 2 is 1.70 bits per heavy atom. The van der Waals surface area contributed by atoms with Crippen LogP contribution in [0.15, 0.2) is 24.3 Å². The minimum absolute atomic E-state index is 0.184. The average molecular weight is 272 g/mol. The van der Waals surface area contributed by atoms with E-state index < -0.39 is 0 Å². The molecular formula is C16H24N4. The van der Waals surface area contributed by atoms with E-state index in [0.29, 0.717) is 0 Å². The van der Waals surface area contributed by atoms with Crippen molar-refractivity contribution in [2.75, 3.05) is 32.5 Å². The van der Waals surface area contributed by atoms with E-state index >= 15 is 0 Å². The third kappa shape index (κ3) is 3.67. The van der Waals surface area contributed by atoms with Gasteiger partial charge in [-0.25, -0.2) is 9.97 Å². The molecule has 0 saturated heterocycles. The molecule has 1 aromatic carbocycles. The fourth-order valence-corrected chi connectivity index (χ4v) is 2.49. The fourth-order valence-electron chi connectivity index (χ4n) is 2.49. The molecule has 1 aromatic heterocycles. The van der Waals surface area contributed by atoms with E-state index in [4.69, 9.17) is 0 Å². The summed E-state index contributed by atoms with van der Waals surface area (Å²) >= 11 is 0. The van der Waals surface area contributed by atoms with E-state index in [1.807, 2.05) is 31.2 Å². The number of aryl methyl sites for hydroxylation is 1. The summed E-state index contributed by atoms with van der Waals surface area (Å²) in [6, 6.07) is 7.98. The van der Waals surface area contributed by atoms with Crippen molar-refractivity contribution in [1.82, 2.24) is 14.9 Å². The summed E-state index contributed by atoms with van der Waals surface area (Å²) in [5.41, 5.74) is 3.02. The molecule has 0 aliphatic rings. The van der Waals surface area contributed by atoms with E-state index in [-0.39, 0.29) is 5.41 Å². The summed E-state index contributed by atoms with van der Waals surface area (Å²) in [5, 5.41) is 3.45. The van der Waals surface area contributed by atoms with Crippen LogP contribution in [0.5, 0.6) is 0 Å². The quantitative estimate of drug-likeness (QED) is 0.908. The lowest BCUT2D eigenvalue weighted by Crippen LogP contribution is -2.34. The molecule has 0 radical (unpaired) electrons. The van der Waals surface area contributed by atoms with E-state index in [1.165, 1.54) is 0 Å². The van der Waals surface area contributed by atoms with Gasteiger partial charge in [-0.3, -0.25) is 0 Å². The van der Waals surface area contributed by atoms with Gasteiger partial charge >= 0.3 is 0 Å². The monoisotopic (exact) mass is 272 g/mol. The molecule has 0 saturated carbocycles. The molecule has 0 spiro atoms. The molecule has 0 unspecified atom stereocenters. The molecule has 1 heterocycles. The van der Waals surface area contributed by atoms with Crippen LogP contribution in [0.4, 0.5) is 5.82 Å². The van der Waals surface area contributed by atoms with Crippen LogP contribution in [-0.4, -0.2) is 42.1 Å². The minimum Gasteiger partial charge on any atom is -0.368 e. The highest BCUT2D eigenvalue weighted by molar-refractivity contribution is 5.76. The maximum atomic E-state index is 4.67. The van der Waals surface area contributed by atoms with Gasteiger partial charge in [-0.2, -0.15) is 0 Å². The van der Waals surface area contributed by atoms with Gasteiger partial charge in [0.25, 0.3) is 0 Å². The number of anilines is 1.